The van der Waals surface area contributed by atoms with Crippen molar-refractivity contribution in [1.29, 1.82) is 0 Å². The van der Waals surface area contributed by atoms with Gasteiger partial charge in [-0.1, -0.05) is 74.8 Å². The van der Waals surface area contributed by atoms with Crippen LogP contribution in [-0.2, 0) is 39.9 Å². The summed E-state index contributed by atoms with van der Waals surface area (Å²) in [5.41, 5.74) is 9.48. The molecular weight excluding hydrogens is 954 g/mol. The molecule has 17 heteroatoms. The van der Waals surface area contributed by atoms with Gasteiger partial charge in [0.1, 0.15) is 18.7 Å². The van der Waals surface area contributed by atoms with E-state index in [2.05, 4.69) is 39.2 Å². The molecule has 7 rings (SSSR count). The fourth-order valence-electron chi connectivity index (χ4n) is 9.15. The lowest BCUT2D eigenvalue weighted by Crippen LogP contribution is -2.58. The number of anilines is 2. The first-order chi connectivity index (χ1) is 34.6. The predicted molar refractivity (Wildman–Crippen MR) is 282 cm³/mol. The van der Waals surface area contributed by atoms with Gasteiger partial charge in [0.25, 0.3) is 5.91 Å². The molecule has 4 aromatic carbocycles. The van der Waals surface area contributed by atoms with Crippen molar-refractivity contribution in [3.63, 3.8) is 0 Å². The minimum atomic E-state index is -0.861. The van der Waals surface area contributed by atoms with Gasteiger partial charge in [-0.3, -0.25) is 24.0 Å². The van der Waals surface area contributed by atoms with Crippen molar-refractivity contribution in [2.75, 3.05) is 62.9 Å². The number of carbonyl (C=O) groups is 5. The van der Waals surface area contributed by atoms with E-state index in [1.807, 2.05) is 111 Å². The van der Waals surface area contributed by atoms with E-state index in [1.54, 1.807) is 35.3 Å². The number of hydrogen-bond acceptors (Lipinski definition) is 11. The van der Waals surface area contributed by atoms with Gasteiger partial charge < -0.3 is 45.3 Å². The summed E-state index contributed by atoms with van der Waals surface area (Å²) in [5, 5.41) is 13.0. The average Bonchev–Trinajstić information content (AvgIpc) is 4.04. The van der Waals surface area contributed by atoms with Gasteiger partial charge >= 0.3 is 0 Å². The Morgan fingerprint density at radius 3 is 2.17 bits per heavy atom. The summed E-state index contributed by atoms with van der Waals surface area (Å²) in [6.45, 7) is 13.4. The van der Waals surface area contributed by atoms with Gasteiger partial charge in [-0.2, -0.15) is 0 Å². The first kappa shape index (κ1) is 53.6. The second-order valence-corrected chi connectivity index (χ2v) is 20.6. The maximum atomic E-state index is 13.9. The summed E-state index contributed by atoms with van der Waals surface area (Å²) in [4.78, 5) is 74.9. The minimum absolute atomic E-state index is 0.00507. The summed E-state index contributed by atoms with van der Waals surface area (Å²) >= 11 is 7.72. The van der Waals surface area contributed by atoms with E-state index in [1.165, 1.54) is 0 Å². The number of nitrogens with zero attached hydrogens (tertiary/aromatic N) is 3. The Bertz CT molecular complexity index is 2660. The Hall–Kier alpha value is -6.17. The number of aryl methyl sites for hydroxylation is 1. The summed E-state index contributed by atoms with van der Waals surface area (Å²) in [5.74, 6) is -1.18. The molecule has 15 nitrogen and oxygen atoms in total. The summed E-state index contributed by atoms with van der Waals surface area (Å²) < 4.78 is 16.8. The maximum Gasteiger partial charge on any atom is 0.251 e. The predicted octanol–water partition coefficient (Wildman–Crippen LogP) is 8.36. The zero-order valence-corrected chi connectivity index (χ0v) is 43.5. The number of aromatic nitrogens is 1. The molecule has 0 radical (unpaired) electrons. The van der Waals surface area contributed by atoms with Gasteiger partial charge in [0.05, 0.1) is 55.2 Å². The number of thiazole rings is 1. The lowest BCUT2D eigenvalue weighted by atomic mass is 9.85. The highest BCUT2D eigenvalue weighted by Gasteiger charge is 2.42. The largest absolute Gasteiger partial charge is 0.378 e. The number of likely N-dealkylation sites (tertiary alicyclic amines) is 1. The van der Waals surface area contributed by atoms with E-state index >= 15 is 0 Å². The topological polar surface area (TPSA) is 181 Å². The van der Waals surface area contributed by atoms with E-state index in [0.717, 1.165) is 56.2 Å². The standard InChI is InChI=1S/C55H66ClN7O8S/c1-35-30-46(60-44-20-18-43(56)19-21-44)45-31-42(17-22-47(45)63(35)37(3)64)39-13-15-41(16-14-39)52(66)57-23-25-69-26-27-70-28-29-71-33-49(65)61-51(55(4,5)6)54(68)62-24-7-8-48(62)53(67)58-32-38-9-11-40(12-10-38)50-36(2)59-34-72-50/h9-22,31,34-35,46,48,51,60H,7-8,23-30,32-33H2,1-6H3,(H,57,66)(H,58,67)(H,61,65)/t35?,46?,48-,51?/m0/s1. The van der Waals surface area contributed by atoms with Crippen LogP contribution in [0.25, 0.3) is 21.6 Å². The summed E-state index contributed by atoms with van der Waals surface area (Å²) in [7, 11) is 0. The molecule has 0 spiro atoms. The monoisotopic (exact) mass is 1020 g/mol. The lowest BCUT2D eigenvalue weighted by Gasteiger charge is -2.39. The first-order valence-electron chi connectivity index (χ1n) is 24.5. The molecule has 1 saturated heterocycles. The second kappa shape index (κ2) is 25.0. The first-order valence-corrected chi connectivity index (χ1v) is 25.8. The smallest absolute Gasteiger partial charge is 0.251 e. The van der Waals surface area contributed by atoms with E-state index < -0.39 is 23.4 Å². The van der Waals surface area contributed by atoms with Crippen LogP contribution in [0.2, 0.25) is 5.02 Å². The van der Waals surface area contributed by atoms with Crippen molar-refractivity contribution in [1.82, 2.24) is 25.8 Å². The molecule has 0 bridgehead atoms. The number of ether oxygens (including phenoxy) is 3. The highest BCUT2D eigenvalue weighted by atomic mass is 35.5. The average molecular weight is 1020 g/mol. The van der Waals surface area contributed by atoms with Crippen molar-refractivity contribution in [2.24, 2.45) is 5.41 Å². The molecule has 5 aromatic rings. The molecule has 2 aliphatic rings. The van der Waals surface area contributed by atoms with Gasteiger partial charge in [0, 0.05) is 54.6 Å². The summed E-state index contributed by atoms with van der Waals surface area (Å²) in [6, 6.07) is 27.6. The van der Waals surface area contributed by atoms with Crippen LogP contribution in [0.15, 0.2) is 96.5 Å². The molecule has 0 saturated carbocycles. The Morgan fingerprint density at radius 1 is 0.833 bits per heavy atom. The molecule has 72 heavy (non-hydrogen) atoms. The van der Waals surface area contributed by atoms with E-state index in [9.17, 15) is 24.0 Å². The number of halogens is 1. The highest BCUT2D eigenvalue weighted by Crippen LogP contribution is 2.41. The zero-order chi connectivity index (χ0) is 51.4. The quantitative estimate of drug-likeness (QED) is 0.0522. The SMILES string of the molecule is CC(=O)N1c2ccc(-c3ccc(C(=O)NCCOCCOCCOCC(=O)NC(C(=O)N4CCC[C@H]4C(=O)NCc4ccc(-c5scnc5C)cc4)C(C)(C)C)cc3)cc2C(Nc2ccc(Cl)cc2)CC1C. The van der Waals surface area contributed by atoms with Gasteiger partial charge in [0.2, 0.25) is 23.6 Å². The Labute approximate surface area is 431 Å². The van der Waals surface area contributed by atoms with Crippen molar-refractivity contribution in [3.05, 3.63) is 124 Å². The second-order valence-electron chi connectivity index (χ2n) is 19.3. The molecule has 1 aromatic heterocycles. The number of benzene rings is 4. The number of amides is 5. The molecule has 1 fully saturated rings. The minimum Gasteiger partial charge on any atom is -0.378 e. The maximum absolute atomic E-state index is 13.9. The third-order valence-corrected chi connectivity index (χ3v) is 14.1. The van der Waals surface area contributed by atoms with Crippen LogP contribution in [0.5, 0.6) is 0 Å². The molecule has 5 amide bonds. The molecule has 4 N–H and O–H groups in total. The van der Waals surface area contributed by atoms with E-state index in [4.69, 9.17) is 25.8 Å². The molecule has 0 aliphatic carbocycles. The van der Waals surface area contributed by atoms with Crippen LogP contribution in [0.4, 0.5) is 11.4 Å². The summed E-state index contributed by atoms with van der Waals surface area (Å²) in [6.07, 6.45) is 1.96. The van der Waals surface area contributed by atoms with E-state index in [-0.39, 0.29) is 55.5 Å². The number of rotatable bonds is 21. The third kappa shape index (κ3) is 14.1. The van der Waals surface area contributed by atoms with Crippen molar-refractivity contribution in [3.8, 4) is 21.6 Å². The van der Waals surface area contributed by atoms with Crippen LogP contribution in [0, 0.1) is 12.3 Å². The van der Waals surface area contributed by atoms with Gasteiger partial charge in [-0.15, -0.1) is 11.3 Å². The number of carbonyl (C=O) groups excluding carboxylic acids is 5. The highest BCUT2D eigenvalue weighted by molar-refractivity contribution is 7.13. The Kier molecular flexibility index (Phi) is 18.6. The molecular formula is C55H66ClN7O8S. The van der Waals surface area contributed by atoms with Crippen LogP contribution >= 0.6 is 22.9 Å². The van der Waals surface area contributed by atoms with Crippen molar-refractivity contribution < 1.29 is 38.2 Å². The Morgan fingerprint density at radius 2 is 1.50 bits per heavy atom. The van der Waals surface area contributed by atoms with E-state index in [0.29, 0.717) is 62.9 Å². The van der Waals surface area contributed by atoms with Gasteiger partial charge in [-0.05, 0) is 115 Å². The van der Waals surface area contributed by atoms with Crippen LogP contribution in [-0.4, -0.2) is 110 Å². The zero-order valence-electron chi connectivity index (χ0n) is 41.9. The third-order valence-electron chi connectivity index (χ3n) is 12.9. The molecule has 2 aliphatic heterocycles. The fourth-order valence-corrected chi connectivity index (χ4v) is 10.1. The van der Waals surface area contributed by atoms with Crippen LogP contribution in [0.3, 0.4) is 0 Å². The normalized spacial score (nSPS) is 17.0. The fraction of sp³-hybridized carbons (Fsp3) is 0.418. The van der Waals surface area contributed by atoms with Gasteiger partial charge in [0.15, 0.2) is 0 Å². The van der Waals surface area contributed by atoms with Crippen LogP contribution in [0.1, 0.15) is 87.1 Å². The molecule has 3 unspecified atom stereocenters. The number of nitrogens with one attached hydrogen (secondary N) is 4. The van der Waals surface area contributed by atoms with Crippen molar-refractivity contribution >= 4 is 63.8 Å². The molecule has 3 heterocycles. The lowest BCUT2D eigenvalue weighted by molar-refractivity contribution is -0.144. The Balaban J connectivity index is 0.771. The number of hydrogen-bond donors (Lipinski definition) is 4. The molecule has 4 atom stereocenters. The molecule has 382 valence electrons. The van der Waals surface area contributed by atoms with Crippen molar-refractivity contribution in [2.45, 2.75) is 91.5 Å². The van der Waals surface area contributed by atoms with Gasteiger partial charge in [-0.25, -0.2) is 4.98 Å². The number of fused-ring (bicyclic) bond motifs is 1. The van der Waals surface area contributed by atoms with Crippen LogP contribution < -0.4 is 26.2 Å².